The molecule has 188 valence electrons. The standard InChI is InChI=1S/C30H32N6O/c1-4-27(29-32-33-34-36(29)19-23-10-6-5-7-11-23)35(18-24-15-13-21(2)14-16-24)20-26-17-25-12-8-9-22(3)28(25)31-30(26)37/h5-17,27H,4,18-20H2,1-3H3,(H,31,37)/t27-/m0/s1. The molecule has 7 heteroatoms. The molecule has 7 nitrogen and oxygen atoms in total. The van der Waals surface area contributed by atoms with Crippen LogP contribution in [-0.2, 0) is 19.6 Å². The Bertz CT molecular complexity index is 1540. The van der Waals surface area contributed by atoms with Crippen molar-refractivity contribution >= 4 is 10.9 Å². The van der Waals surface area contributed by atoms with Crippen molar-refractivity contribution in [3.63, 3.8) is 0 Å². The van der Waals surface area contributed by atoms with Crippen LogP contribution < -0.4 is 5.56 Å². The number of nitrogens with zero attached hydrogens (tertiary/aromatic N) is 5. The Kier molecular flexibility index (Phi) is 7.23. The fourth-order valence-corrected chi connectivity index (χ4v) is 4.89. The van der Waals surface area contributed by atoms with E-state index < -0.39 is 0 Å². The van der Waals surface area contributed by atoms with Gasteiger partial charge in [0.1, 0.15) is 0 Å². The number of para-hydroxylation sites is 1. The minimum absolute atomic E-state index is 0.0607. The fourth-order valence-electron chi connectivity index (χ4n) is 4.89. The number of aromatic nitrogens is 5. The van der Waals surface area contributed by atoms with Crippen molar-refractivity contribution in [2.75, 3.05) is 0 Å². The summed E-state index contributed by atoms with van der Waals surface area (Å²) in [4.78, 5) is 18.6. The molecule has 0 spiro atoms. The average Bonchev–Trinajstić information content (AvgIpc) is 3.35. The summed E-state index contributed by atoms with van der Waals surface area (Å²) in [5.41, 5.74) is 6.15. The van der Waals surface area contributed by atoms with Crippen LogP contribution in [0.25, 0.3) is 10.9 Å². The van der Waals surface area contributed by atoms with Gasteiger partial charge in [0, 0.05) is 18.7 Å². The molecule has 3 aromatic carbocycles. The van der Waals surface area contributed by atoms with Crippen LogP contribution in [0, 0.1) is 13.8 Å². The Morgan fingerprint density at radius 1 is 0.919 bits per heavy atom. The molecule has 0 amide bonds. The molecule has 0 aliphatic rings. The SMILES string of the molecule is CC[C@@H](c1nnnn1Cc1ccccc1)N(Cc1ccc(C)cc1)Cc1cc2cccc(C)c2[nH]c1=O. The number of benzene rings is 3. The number of hydrogen-bond acceptors (Lipinski definition) is 5. The number of nitrogens with one attached hydrogen (secondary N) is 1. The fraction of sp³-hybridized carbons (Fsp3) is 0.267. The Hall–Kier alpha value is -4.10. The molecular formula is C30H32N6O. The van der Waals surface area contributed by atoms with Gasteiger partial charge in [0.15, 0.2) is 5.82 Å². The summed E-state index contributed by atoms with van der Waals surface area (Å²) >= 11 is 0. The second kappa shape index (κ2) is 10.9. The molecule has 0 aliphatic heterocycles. The van der Waals surface area contributed by atoms with Crippen LogP contribution >= 0.6 is 0 Å². The molecule has 0 saturated heterocycles. The lowest BCUT2D eigenvalue weighted by Crippen LogP contribution is -2.32. The van der Waals surface area contributed by atoms with Gasteiger partial charge in [-0.2, -0.15) is 0 Å². The molecule has 2 heterocycles. The van der Waals surface area contributed by atoms with Crippen molar-refractivity contribution < 1.29 is 0 Å². The number of aryl methyl sites for hydroxylation is 2. The second-order valence-electron chi connectivity index (χ2n) is 9.66. The van der Waals surface area contributed by atoms with Crippen LogP contribution in [0.1, 0.15) is 53.0 Å². The Morgan fingerprint density at radius 3 is 2.46 bits per heavy atom. The van der Waals surface area contributed by atoms with Crippen LogP contribution in [0.5, 0.6) is 0 Å². The smallest absolute Gasteiger partial charge is 0.252 e. The predicted octanol–water partition coefficient (Wildman–Crippen LogP) is 5.33. The maximum absolute atomic E-state index is 13.2. The predicted molar refractivity (Wildman–Crippen MR) is 146 cm³/mol. The van der Waals surface area contributed by atoms with Crippen molar-refractivity contribution in [2.45, 2.75) is 52.9 Å². The lowest BCUT2D eigenvalue weighted by atomic mass is 10.1. The molecule has 1 N–H and O–H groups in total. The average molecular weight is 493 g/mol. The zero-order chi connectivity index (χ0) is 25.8. The molecule has 0 saturated carbocycles. The van der Waals surface area contributed by atoms with E-state index in [4.69, 9.17) is 0 Å². The number of aromatic amines is 1. The molecule has 2 aromatic heterocycles. The van der Waals surface area contributed by atoms with E-state index in [1.165, 1.54) is 11.1 Å². The van der Waals surface area contributed by atoms with Gasteiger partial charge in [0.25, 0.3) is 5.56 Å². The third kappa shape index (κ3) is 5.52. The molecule has 0 radical (unpaired) electrons. The van der Waals surface area contributed by atoms with Gasteiger partial charge in [0.05, 0.1) is 18.1 Å². The summed E-state index contributed by atoms with van der Waals surface area (Å²) in [6.45, 7) is 7.98. The first-order valence-electron chi connectivity index (χ1n) is 12.7. The monoisotopic (exact) mass is 492 g/mol. The van der Waals surface area contributed by atoms with Gasteiger partial charge in [-0.15, -0.1) is 5.10 Å². The number of tetrazole rings is 1. The maximum atomic E-state index is 13.2. The highest BCUT2D eigenvalue weighted by atomic mass is 16.1. The van der Waals surface area contributed by atoms with E-state index >= 15 is 0 Å². The summed E-state index contributed by atoms with van der Waals surface area (Å²) in [6, 6.07) is 26.8. The van der Waals surface area contributed by atoms with E-state index in [9.17, 15) is 4.79 Å². The van der Waals surface area contributed by atoms with Crippen LogP contribution in [0.15, 0.2) is 83.7 Å². The van der Waals surface area contributed by atoms with Gasteiger partial charge in [0.2, 0.25) is 0 Å². The van der Waals surface area contributed by atoms with Gasteiger partial charge >= 0.3 is 0 Å². The number of pyridine rings is 1. The highest BCUT2D eigenvalue weighted by molar-refractivity contribution is 5.81. The molecule has 37 heavy (non-hydrogen) atoms. The maximum Gasteiger partial charge on any atom is 0.252 e. The highest BCUT2D eigenvalue weighted by Crippen LogP contribution is 2.27. The highest BCUT2D eigenvalue weighted by Gasteiger charge is 2.26. The Morgan fingerprint density at radius 2 is 1.70 bits per heavy atom. The van der Waals surface area contributed by atoms with Crippen molar-refractivity contribution in [3.8, 4) is 0 Å². The molecule has 0 aliphatic carbocycles. The van der Waals surface area contributed by atoms with Crippen molar-refractivity contribution in [1.29, 1.82) is 0 Å². The van der Waals surface area contributed by atoms with E-state index in [2.05, 4.69) is 75.7 Å². The van der Waals surface area contributed by atoms with Gasteiger partial charge in [-0.05, 0) is 58.8 Å². The van der Waals surface area contributed by atoms with Crippen molar-refractivity contribution in [2.24, 2.45) is 0 Å². The van der Waals surface area contributed by atoms with E-state index in [-0.39, 0.29) is 11.6 Å². The Labute approximate surface area is 216 Å². The first-order chi connectivity index (χ1) is 18.0. The molecule has 5 rings (SSSR count). The van der Waals surface area contributed by atoms with E-state index in [1.807, 2.05) is 54.1 Å². The Balaban J connectivity index is 1.52. The molecule has 0 bridgehead atoms. The third-order valence-electron chi connectivity index (χ3n) is 6.90. The molecule has 5 aromatic rings. The molecule has 1 atom stereocenters. The zero-order valence-corrected chi connectivity index (χ0v) is 21.6. The zero-order valence-electron chi connectivity index (χ0n) is 21.6. The third-order valence-corrected chi connectivity index (χ3v) is 6.90. The number of rotatable bonds is 9. The largest absolute Gasteiger partial charge is 0.321 e. The van der Waals surface area contributed by atoms with Gasteiger partial charge < -0.3 is 4.98 Å². The molecule has 0 fully saturated rings. The van der Waals surface area contributed by atoms with Gasteiger partial charge in [-0.3, -0.25) is 9.69 Å². The lowest BCUT2D eigenvalue weighted by molar-refractivity contribution is 0.161. The van der Waals surface area contributed by atoms with E-state index in [1.54, 1.807) is 0 Å². The van der Waals surface area contributed by atoms with E-state index in [0.717, 1.165) is 39.8 Å². The topological polar surface area (TPSA) is 79.7 Å². The first-order valence-corrected chi connectivity index (χ1v) is 12.7. The van der Waals surface area contributed by atoms with Gasteiger partial charge in [-0.1, -0.05) is 85.3 Å². The van der Waals surface area contributed by atoms with Crippen LogP contribution in [0.2, 0.25) is 0 Å². The van der Waals surface area contributed by atoms with Crippen molar-refractivity contribution in [1.82, 2.24) is 30.1 Å². The number of H-pyrrole nitrogens is 1. The van der Waals surface area contributed by atoms with Crippen LogP contribution in [-0.4, -0.2) is 30.1 Å². The summed E-state index contributed by atoms with van der Waals surface area (Å²) in [6.07, 6.45) is 0.797. The second-order valence-corrected chi connectivity index (χ2v) is 9.66. The van der Waals surface area contributed by atoms with Gasteiger partial charge in [-0.25, -0.2) is 4.68 Å². The number of hydrogen-bond donors (Lipinski definition) is 1. The summed E-state index contributed by atoms with van der Waals surface area (Å²) in [5.74, 6) is 0.798. The molecular weight excluding hydrogens is 460 g/mol. The quantitative estimate of drug-likeness (QED) is 0.301. The van der Waals surface area contributed by atoms with Crippen LogP contribution in [0.3, 0.4) is 0 Å². The van der Waals surface area contributed by atoms with Crippen LogP contribution in [0.4, 0.5) is 0 Å². The minimum atomic E-state index is -0.0763. The minimum Gasteiger partial charge on any atom is -0.321 e. The van der Waals surface area contributed by atoms with Crippen molar-refractivity contribution in [3.05, 3.63) is 123 Å². The molecule has 0 unspecified atom stereocenters. The number of fused-ring (bicyclic) bond motifs is 1. The summed E-state index contributed by atoms with van der Waals surface area (Å²) in [5, 5.41) is 13.8. The first kappa shape index (κ1) is 24.6. The van der Waals surface area contributed by atoms with E-state index in [0.29, 0.717) is 19.6 Å². The normalized spacial score (nSPS) is 12.3. The lowest BCUT2D eigenvalue weighted by Gasteiger charge is -2.30. The summed E-state index contributed by atoms with van der Waals surface area (Å²) < 4.78 is 1.87. The summed E-state index contributed by atoms with van der Waals surface area (Å²) in [7, 11) is 0.